The summed E-state index contributed by atoms with van der Waals surface area (Å²) in [4.78, 5) is 0. The van der Waals surface area contributed by atoms with Crippen molar-refractivity contribution in [1.29, 1.82) is 0 Å². The summed E-state index contributed by atoms with van der Waals surface area (Å²) in [5.74, 6) is 2.78. The van der Waals surface area contributed by atoms with Crippen molar-refractivity contribution in [2.45, 2.75) is 137 Å². The lowest BCUT2D eigenvalue weighted by Crippen LogP contribution is -2.65. The molecule has 4 aliphatic carbocycles. The molecule has 2 nitrogen and oxygen atoms in total. The minimum Gasteiger partial charge on any atom is -0.392 e. The average Bonchev–Trinajstić information content (AvgIpc) is 3.22. The van der Waals surface area contributed by atoms with Gasteiger partial charge in [0.2, 0.25) is 0 Å². The molecule has 0 heterocycles. The first-order valence-electron chi connectivity index (χ1n) is 15.7. The molecule has 0 amide bonds. The number of unbranched alkanes of at least 4 members (excludes halogenated alkanes) is 1. The van der Waals surface area contributed by atoms with Crippen molar-refractivity contribution in [3.8, 4) is 0 Å². The summed E-state index contributed by atoms with van der Waals surface area (Å²) in [6.07, 6.45) is 27.2. The molecule has 0 aromatic rings. The Morgan fingerprint density at radius 3 is 2.50 bits per heavy atom. The molecule has 36 heavy (non-hydrogen) atoms. The molecular weight excluding hydrogens is 438 g/mol. The summed E-state index contributed by atoms with van der Waals surface area (Å²) < 4.78 is 0. The number of rotatable bonds is 10. The second kappa shape index (κ2) is 12.8. The Kier molecular flexibility index (Phi) is 10.6. The zero-order valence-electron chi connectivity index (χ0n) is 24.7. The van der Waals surface area contributed by atoms with E-state index in [1.165, 1.54) is 89.0 Å². The summed E-state index contributed by atoms with van der Waals surface area (Å²) in [5, 5.41) is 10.2. The first-order valence-corrected chi connectivity index (χ1v) is 15.7. The molecule has 7 unspecified atom stereocenters. The minimum absolute atomic E-state index is 0.0782. The van der Waals surface area contributed by atoms with E-state index in [1.54, 1.807) is 5.57 Å². The first-order chi connectivity index (χ1) is 17.3. The summed E-state index contributed by atoms with van der Waals surface area (Å²) in [6, 6.07) is 0. The van der Waals surface area contributed by atoms with Gasteiger partial charge in [-0.05, 0) is 104 Å². The van der Waals surface area contributed by atoms with Gasteiger partial charge in [-0.25, -0.2) is 0 Å². The van der Waals surface area contributed by atoms with Crippen LogP contribution in [0, 0.1) is 34.5 Å². The van der Waals surface area contributed by atoms with E-state index in [1.807, 2.05) is 13.8 Å². The van der Waals surface area contributed by atoms with Gasteiger partial charge in [-0.15, -0.1) is 0 Å². The molecule has 0 aromatic heterocycles. The van der Waals surface area contributed by atoms with Crippen LogP contribution < -0.4 is 5.73 Å². The topological polar surface area (TPSA) is 46.2 Å². The predicted molar refractivity (Wildman–Crippen MR) is 157 cm³/mol. The molecule has 0 saturated heterocycles. The summed E-state index contributed by atoms with van der Waals surface area (Å²) in [6.45, 7) is 14.0. The van der Waals surface area contributed by atoms with E-state index >= 15 is 0 Å². The van der Waals surface area contributed by atoms with E-state index in [0.29, 0.717) is 17.3 Å². The fourth-order valence-corrected chi connectivity index (χ4v) is 9.13. The molecule has 2 saturated carbocycles. The van der Waals surface area contributed by atoms with Gasteiger partial charge in [-0.1, -0.05) is 97.1 Å². The standard InChI is InChI=1S/C32H53NO.C2H6/c1-5-6-19-30(3)27(23-34)17-21-32(33)28-16-15-26(31(28,4)20-18-29(30)32)14-10-11-24(2)22-25-12-8-7-9-13-25;1-2/h8,12-13,17,24,26,28-29,34H,5-7,9-11,14-16,18-23,33H2,1-4H3;1-2H3. The van der Waals surface area contributed by atoms with E-state index in [9.17, 15) is 5.11 Å². The van der Waals surface area contributed by atoms with Gasteiger partial charge < -0.3 is 10.8 Å². The van der Waals surface area contributed by atoms with Crippen molar-refractivity contribution in [3.05, 3.63) is 35.5 Å². The first kappa shape index (κ1) is 29.7. The number of nitrogens with two attached hydrogens (primary N) is 1. The Morgan fingerprint density at radius 2 is 1.83 bits per heavy atom. The number of fused-ring (bicyclic) bond motifs is 3. The molecule has 2 fully saturated rings. The largest absolute Gasteiger partial charge is 0.392 e. The fraction of sp³-hybridized carbons (Fsp3) is 0.824. The van der Waals surface area contributed by atoms with Crippen molar-refractivity contribution in [1.82, 2.24) is 0 Å². The molecule has 7 atom stereocenters. The summed E-state index contributed by atoms with van der Waals surface area (Å²) >= 11 is 0. The van der Waals surface area contributed by atoms with Gasteiger partial charge in [-0.3, -0.25) is 0 Å². The van der Waals surface area contributed by atoms with Crippen molar-refractivity contribution in [2.24, 2.45) is 40.2 Å². The van der Waals surface area contributed by atoms with Crippen LogP contribution in [0.15, 0.2) is 35.5 Å². The second-order valence-electron chi connectivity index (χ2n) is 13.1. The normalized spacial score (nSPS) is 38.3. The van der Waals surface area contributed by atoms with Crippen LogP contribution >= 0.6 is 0 Å². The minimum atomic E-state index is -0.0873. The van der Waals surface area contributed by atoms with E-state index < -0.39 is 0 Å². The third-order valence-electron chi connectivity index (χ3n) is 11.1. The molecule has 0 spiro atoms. The van der Waals surface area contributed by atoms with Crippen molar-refractivity contribution in [2.75, 3.05) is 6.61 Å². The Morgan fingerprint density at radius 1 is 1.06 bits per heavy atom. The third-order valence-corrected chi connectivity index (χ3v) is 11.1. The van der Waals surface area contributed by atoms with Crippen LogP contribution in [-0.2, 0) is 0 Å². The maximum atomic E-state index is 10.2. The maximum absolute atomic E-state index is 10.2. The molecule has 0 aliphatic heterocycles. The van der Waals surface area contributed by atoms with Crippen LogP contribution in [0.5, 0.6) is 0 Å². The van der Waals surface area contributed by atoms with E-state index in [0.717, 1.165) is 18.3 Å². The lowest BCUT2D eigenvalue weighted by molar-refractivity contribution is -0.0600. The van der Waals surface area contributed by atoms with Crippen LogP contribution in [0.3, 0.4) is 0 Å². The van der Waals surface area contributed by atoms with Crippen LogP contribution in [0.25, 0.3) is 0 Å². The van der Waals surface area contributed by atoms with E-state index in [2.05, 4.69) is 52.0 Å². The van der Waals surface area contributed by atoms with Gasteiger partial charge >= 0.3 is 0 Å². The highest BCUT2D eigenvalue weighted by Crippen LogP contribution is 2.66. The van der Waals surface area contributed by atoms with Crippen molar-refractivity contribution < 1.29 is 5.11 Å². The number of hydrogen-bond acceptors (Lipinski definition) is 2. The maximum Gasteiger partial charge on any atom is 0.0647 e. The smallest absolute Gasteiger partial charge is 0.0647 e. The molecule has 4 aliphatic rings. The summed E-state index contributed by atoms with van der Waals surface area (Å²) in [7, 11) is 0. The number of aliphatic hydroxyl groups excluding tert-OH is 1. The number of hydrogen-bond donors (Lipinski definition) is 2. The quantitative estimate of drug-likeness (QED) is 0.295. The molecular formula is C34H59NO. The zero-order valence-corrected chi connectivity index (χ0v) is 24.7. The van der Waals surface area contributed by atoms with Crippen LogP contribution in [0.4, 0.5) is 0 Å². The van der Waals surface area contributed by atoms with Gasteiger partial charge in [0.25, 0.3) is 0 Å². The average molecular weight is 498 g/mol. The van der Waals surface area contributed by atoms with Crippen LogP contribution in [-0.4, -0.2) is 17.3 Å². The summed E-state index contributed by atoms with van der Waals surface area (Å²) in [5.41, 5.74) is 10.7. The highest BCUT2D eigenvalue weighted by molar-refractivity contribution is 5.29. The Balaban J connectivity index is 0.00000176. The molecule has 4 rings (SSSR count). The van der Waals surface area contributed by atoms with Crippen LogP contribution in [0.2, 0.25) is 0 Å². The van der Waals surface area contributed by atoms with E-state index in [4.69, 9.17) is 5.73 Å². The number of allylic oxidation sites excluding steroid dienone is 4. The molecule has 3 N–H and O–H groups in total. The number of aliphatic hydroxyl groups is 1. The lowest BCUT2D eigenvalue weighted by atomic mass is 9.45. The highest BCUT2D eigenvalue weighted by atomic mass is 16.3. The third kappa shape index (κ3) is 5.75. The Hall–Kier alpha value is -0.860. The van der Waals surface area contributed by atoms with Crippen LogP contribution in [0.1, 0.15) is 131 Å². The molecule has 206 valence electrons. The van der Waals surface area contributed by atoms with Gasteiger partial charge in [0.1, 0.15) is 0 Å². The van der Waals surface area contributed by atoms with Gasteiger partial charge in [0.05, 0.1) is 6.61 Å². The highest BCUT2D eigenvalue weighted by Gasteiger charge is 2.63. The monoisotopic (exact) mass is 497 g/mol. The molecule has 0 bridgehead atoms. The SMILES string of the molecule is CC.CCCCC1(C)C(CO)=CCC2(N)C1CCC1(C)C(CCCC(C)CC3=CCCC=C3)CCC12. The lowest BCUT2D eigenvalue weighted by Gasteiger charge is -2.62. The predicted octanol–water partition coefficient (Wildman–Crippen LogP) is 9.14. The molecule has 0 radical (unpaired) electrons. The zero-order chi connectivity index (χ0) is 26.4. The van der Waals surface area contributed by atoms with Gasteiger partial charge in [0, 0.05) is 5.54 Å². The molecule has 2 heteroatoms. The van der Waals surface area contributed by atoms with E-state index in [-0.39, 0.29) is 17.6 Å². The Bertz CT molecular complexity index is 795. The van der Waals surface area contributed by atoms with Crippen molar-refractivity contribution >= 4 is 0 Å². The second-order valence-corrected chi connectivity index (χ2v) is 13.1. The Labute approximate surface area is 224 Å². The van der Waals surface area contributed by atoms with Gasteiger partial charge in [-0.2, -0.15) is 0 Å². The molecule has 0 aromatic carbocycles. The van der Waals surface area contributed by atoms with Crippen molar-refractivity contribution in [3.63, 3.8) is 0 Å². The fourth-order valence-electron chi connectivity index (χ4n) is 9.13. The van der Waals surface area contributed by atoms with Gasteiger partial charge in [0.15, 0.2) is 0 Å².